The predicted molar refractivity (Wildman–Crippen MR) is 83.7 cm³/mol. The molecule has 0 saturated carbocycles. The molecule has 1 aromatic rings. The van der Waals surface area contributed by atoms with Crippen LogP contribution in [0.1, 0.15) is 37.2 Å². The molecule has 2 heterocycles. The summed E-state index contributed by atoms with van der Waals surface area (Å²) < 4.78 is 4.73. The Bertz CT molecular complexity index is 476. The number of carbonyl (C=O) groups excluding carboxylic acids is 1. The normalized spacial score (nSPS) is 18.9. The van der Waals surface area contributed by atoms with E-state index in [-0.39, 0.29) is 5.97 Å². The molecule has 1 atom stereocenters. The van der Waals surface area contributed by atoms with Crippen LogP contribution >= 0.6 is 0 Å². The number of ether oxygens (including phenoxy) is 1. The number of nitrogens with one attached hydrogen (secondary N) is 1. The van der Waals surface area contributed by atoms with Gasteiger partial charge in [-0.1, -0.05) is 13.8 Å². The molecule has 116 valence electrons. The summed E-state index contributed by atoms with van der Waals surface area (Å²) >= 11 is 0. The summed E-state index contributed by atoms with van der Waals surface area (Å²) in [6.07, 6.45) is 4.11. The van der Waals surface area contributed by atoms with Crippen LogP contribution in [0.4, 0.5) is 5.69 Å². The molecule has 1 N–H and O–H groups in total. The Labute approximate surface area is 126 Å². The lowest BCUT2D eigenvalue weighted by molar-refractivity contribution is 0.0594. The third kappa shape index (κ3) is 4.43. The van der Waals surface area contributed by atoms with Crippen LogP contribution in [0.15, 0.2) is 18.3 Å². The van der Waals surface area contributed by atoms with Gasteiger partial charge < -0.3 is 15.0 Å². The van der Waals surface area contributed by atoms with E-state index < -0.39 is 0 Å². The van der Waals surface area contributed by atoms with E-state index in [0.717, 1.165) is 25.3 Å². The van der Waals surface area contributed by atoms with Crippen LogP contribution in [0.3, 0.4) is 0 Å². The molecule has 0 spiro atoms. The zero-order valence-electron chi connectivity index (χ0n) is 13.1. The molecule has 1 aromatic heterocycles. The third-order valence-electron chi connectivity index (χ3n) is 3.84. The second-order valence-electron chi connectivity index (χ2n) is 5.91. The molecule has 1 aliphatic heterocycles. The van der Waals surface area contributed by atoms with Gasteiger partial charge in [0.25, 0.3) is 0 Å². The maximum atomic E-state index is 11.6. The highest BCUT2D eigenvalue weighted by Crippen LogP contribution is 2.23. The molecule has 1 fully saturated rings. The van der Waals surface area contributed by atoms with Gasteiger partial charge in [0, 0.05) is 31.0 Å². The Morgan fingerprint density at radius 1 is 1.57 bits per heavy atom. The van der Waals surface area contributed by atoms with Gasteiger partial charge in [0.15, 0.2) is 0 Å². The molecule has 0 bridgehead atoms. The molecule has 0 radical (unpaired) electrons. The van der Waals surface area contributed by atoms with Gasteiger partial charge in [-0.05, 0) is 37.4 Å². The van der Waals surface area contributed by atoms with E-state index in [0.29, 0.717) is 17.7 Å². The van der Waals surface area contributed by atoms with Crippen LogP contribution in [0.5, 0.6) is 0 Å². The van der Waals surface area contributed by atoms with Gasteiger partial charge in [0.2, 0.25) is 0 Å². The van der Waals surface area contributed by atoms with Crippen molar-refractivity contribution in [1.29, 1.82) is 0 Å². The highest BCUT2D eigenvalue weighted by atomic mass is 16.5. The maximum Gasteiger partial charge on any atom is 0.356 e. The highest BCUT2D eigenvalue weighted by molar-refractivity contribution is 5.88. The number of methoxy groups -OCH3 is 1. The largest absolute Gasteiger partial charge is 0.464 e. The summed E-state index contributed by atoms with van der Waals surface area (Å²) in [6.45, 7) is 7.44. The van der Waals surface area contributed by atoms with Crippen molar-refractivity contribution in [2.75, 3.05) is 31.6 Å². The molecule has 0 amide bonds. The van der Waals surface area contributed by atoms with Gasteiger partial charge in [-0.2, -0.15) is 0 Å². The molecule has 2 rings (SSSR count). The molecule has 0 aromatic carbocycles. The van der Waals surface area contributed by atoms with Crippen molar-refractivity contribution in [1.82, 2.24) is 10.3 Å². The fraction of sp³-hybridized carbons (Fsp3) is 0.625. The van der Waals surface area contributed by atoms with Gasteiger partial charge in [-0.25, -0.2) is 9.78 Å². The van der Waals surface area contributed by atoms with Crippen LogP contribution in [-0.4, -0.2) is 43.7 Å². The first kappa shape index (κ1) is 15.8. The summed E-state index contributed by atoms with van der Waals surface area (Å²) in [7, 11) is 1.38. The third-order valence-corrected chi connectivity index (χ3v) is 3.84. The van der Waals surface area contributed by atoms with Gasteiger partial charge in [0.1, 0.15) is 5.69 Å². The molecule has 1 aliphatic rings. The van der Waals surface area contributed by atoms with Gasteiger partial charge in [-0.15, -0.1) is 0 Å². The van der Waals surface area contributed by atoms with E-state index in [1.807, 2.05) is 12.1 Å². The summed E-state index contributed by atoms with van der Waals surface area (Å²) in [5, 5.41) is 3.51. The number of piperidine rings is 1. The minimum Gasteiger partial charge on any atom is -0.464 e. The lowest BCUT2D eigenvalue weighted by atomic mass is 9.97. The molecule has 0 aliphatic carbocycles. The van der Waals surface area contributed by atoms with Crippen molar-refractivity contribution in [2.24, 2.45) is 5.92 Å². The minimum atomic E-state index is -0.383. The zero-order chi connectivity index (χ0) is 15.2. The predicted octanol–water partition coefficient (Wildman–Crippen LogP) is 2.08. The van der Waals surface area contributed by atoms with E-state index in [1.54, 1.807) is 6.20 Å². The highest BCUT2D eigenvalue weighted by Gasteiger charge is 2.21. The topological polar surface area (TPSA) is 54.5 Å². The van der Waals surface area contributed by atoms with Crippen LogP contribution in [0.2, 0.25) is 0 Å². The van der Waals surface area contributed by atoms with E-state index >= 15 is 0 Å². The Kier molecular flexibility index (Phi) is 5.56. The molecule has 21 heavy (non-hydrogen) atoms. The maximum absolute atomic E-state index is 11.6. The smallest absolute Gasteiger partial charge is 0.356 e. The Morgan fingerprint density at radius 2 is 2.38 bits per heavy atom. The van der Waals surface area contributed by atoms with Crippen molar-refractivity contribution in [3.8, 4) is 0 Å². The summed E-state index contributed by atoms with van der Waals surface area (Å²) in [5.41, 5.74) is 1.43. The monoisotopic (exact) mass is 291 g/mol. The van der Waals surface area contributed by atoms with Crippen molar-refractivity contribution in [3.05, 3.63) is 24.0 Å². The second-order valence-corrected chi connectivity index (χ2v) is 5.91. The first-order valence-electron chi connectivity index (χ1n) is 7.63. The van der Waals surface area contributed by atoms with Gasteiger partial charge >= 0.3 is 5.97 Å². The van der Waals surface area contributed by atoms with Crippen molar-refractivity contribution in [3.63, 3.8) is 0 Å². The first-order chi connectivity index (χ1) is 10.1. The lowest BCUT2D eigenvalue weighted by Crippen LogP contribution is -2.41. The number of pyridine rings is 1. The summed E-state index contributed by atoms with van der Waals surface area (Å²) in [6, 6.07) is 4.31. The Morgan fingerprint density at radius 3 is 3.10 bits per heavy atom. The quantitative estimate of drug-likeness (QED) is 0.842. The van der Waals surface area contributed by atoms with E-state index in [9.17, 15) is 4.79 Å². The number of hydrogen-bond acceptors (Lipinski definition) is 5. The SMILES string of the molecule is COC(=O)c1cc(N2CCCC(CNC(C)C)C2)ccn1. The zero-order valence-corrected chi connectivity index (χ0v) is 13.1. The first-order valence-corrected chi connectivity index (χ1v) is 7.63. The number of rotatable bonds is 5. The average Bonchev–Trinajstić information content (AvgIpc) is 2.52. The van der Waals surface area contributed by atoms with Crippen LogP contribution in [0, 0.1) is 5.92 Å². The number of hydrogen-bond donors (Lipinski definition) is 1. The summed E-state index contributed by atoms with van der Waals surface area (Å²) in [5.74, 6) is 0.266. The average molecular weight is 291 g/mol. The van der Waals surface area contributed by atoms with Crippen molar-refractivity contribution in [2.45, 2.75) is 32.7 Å². The number of carbonyl (C=O) groups is 1. The molecular formula is C16H25N3O2. The molecule has 5 heteroatoms. The summed E-state index contributed by atoms with van der Waals surface area (Å²) in [4.78, 5) is 18.0. The van der Waals surface area contributed by atoms with Crippen LogP contribution in [0.25, 0.3) is 0 Å². The van der Waals surface area contributed by atoms with E-state index in [2.05, 4.69) is 29.0 Å². The number of esters is 1. The lowest BCUT2D eigenvalue weighted by Gasteiger charge is -2.35. The molecule has 5 nitrogen and oxygen atoms in total. The molecule has 1 saturated heterocycles. The fourth-order valence-corrected chi connectivity index (χ4v) is 2.70. The number of nitrogens with zero attached hydrogens (tertiary/aromatic N) is 2. The molecular weight excluding hydrogens is 266 g/mol. The van der Waals surface area contributed by atoms with E-state index in [4.69, 9.17) is 4.74 Å². The van der Waals surface area contributed by atoms with Crippen LogP contribution in [-0.2, 0) is 4.74 Å². The van der Waals surface area contributed by atoms with Crippen LogP contribution < -0.4 is 10.2 Å². The Hall–Kier alpha value is -1.62. The van der Waals surface area contributed by atoms with Crippen molar-refractivity contribution >= 4 is 11.7 Å². The minimum absolute atomic E-state index is 0.373. The van der Waals surface area contributed by atoms with Gasteiger partial charge in [0.05, 0.1) is 7.11 Å². The van der Waals surface area contributed by atoms with E-state index in [1.165, 1.54) is 20.0 Å². The number of aromatic nitrogens is 1. The van der Waals surface area contributed by atoms with Gasteiger partial charge in [-0.3, -0.25) is 0 Å². The standard InChI is InChI=1S/C16H25N3O2/c1-12(2)18-10-13-5-4-8-19(11-13)14-6-7-17-15(9-14)16(20)21-3/h6-7,9,12-13,18H,4-5,8,10-11H2,1-3H3. The number of anilines is 1. The second kappa shape index (κ2) is 7.41. The molecule has 1 unspecified atom stereocenters. The fourth-order valence-electron chi connectivity index (χ4n) is 2.70. The van der Waals surface area contributed by atoms with Crippen molar-refractivity contribution < 1.29 is 9.53 Å². The Balaban J connectivity index is 2.02.